The summed E-state index contributed by atoms with van der Waals surface area (Å²) in [6.07, 6.45) is -1.39. The van der Waals surface area contributed by atoms with Gasteiger partial charge in [-0.1, -0.05) is 38.1 Å². The van der Waals surface area contributed by atoms with Crippen LogP contribution >= 0.6 is 0 Å². The molecule has 0 bridgehead atoms. The lowest BCUT2D eigenvalue weighted by Gasteiger charge is -2.31. The van der Waals surface area contributed by atoms with Crippen LogP contribution < -0.4 is 10.9 Å². The summed E-state index contributed by atoms with van der Waals surface area (Å²) >= 11 is 0. The van der Waals surface area contributed by atoms with Gasteiger partial charge in [0.2, 0.25) is 5.56 Å². The van der Waals surface area contributed by atoms with Gasteiger partial charge in [-0.15, -0.1) is 0 Å². The van der Waals surface area contributed by atoms with Crippen molar-refractivity contribution in [1.82, 2.24) is 14.9 Å². The first-order valence-electron chi connectivity index (χ1n) is 10.8. The SMILES string of the molecule is CN(C(=O)c1cc[nH]c(=O)c1)C(c1ccc(NC2Cc3ccccc3C2(C)C)cn1)C(F)(F)F. The number of nitrogens with zero attached hydrogens (tertiary/aromatic N) is 2. The summed E-state index contributed by atoms with van der Waals surface area (Å²) in [5, 5.41) is 3.40. The minimum atomic E-state index is -4.76. The topological polar surface area (TPSA) is 78.1 Å². The van der Waals surface area contributed by atoms with Gasteiger partial charge >= 0.3 is 6.18 Å². The second kappa shape index (κ2) is 8.62. The van der Waals surface area contributed by atoms with Crippen LogP contribution in [-0.2, 0) is 11.8 Å². The number of aromatic amines is 1. The van der Waals surface area contributed by atoms with Crippen molar-refractivity contribution < 1.29 is 18.0 Å². The number of hydrogen-bond acceptors (Lipinski definition) is 4. The molecular weight excluding hydrogens is 445 g/mol. The summed E-state index contributed by atoms with van der Waals surface area (Å²) in [7, 11) is 1.05. The van der Waals surface area contributed by atoms with Gasteiger partial charge in [0.25, 0.3) is 5.91 Å². The zero-order valence-corrected chi connectivity index (χ0v) is 19.0. The first-order valence-corrected chi connectivity index (χ1v) is 10.8. The third-order valence-electron chi connectivity index (χ3n) is 6.45. The molecule has 2 atom stereocenters. The molecule has 1 amide bonds. The lowest BCUT2D eigenvalue weighted by atomic mass is 9.83. The lowest BCUT2D eigenvalue weighted by Crippen LogP contribution is -2.40. The number of fused-ring (bicyclic) bond motifs is 1. The summed E-state index contributed by atoms with van der Waals surface area (Å²) in [6, 6.07) is 11.0. The fraction of sp³-hybridized carbons (Fsp3) is 0.320. The quantitative estimate of drug-likeness (QED) is 0.577. The van der Waals surface area contributed by atoms with Crippen LogP contribution in [-0.4, -0.2) is 40.0 Å². The van der Waals surface area contributed by atoms with E-state index in [1.807, 2.05) is 12.1 Å². The maximum absolute atomic E-state index is 14.0. The van der Waals surface area contributed by atoms with Crippen molar-refractivity contribution in [3.63, 3.8) is 0 Å². The predicted molar refractivity (Wildman–Crippen MR) is 123 cm³/mol. The third kappa shape index (κ3) is 4.42. The van der Waals surface area contributed by atoms with E-state index in [2.05, 4.69) is 41.3 Å². The number of carbonyl (C=O) groups excluding carboxylic acids is 1. The van der Waals surface area contributed by atoms with Crippen molar-refractivity contribution in [2.75, 3.05) is 12.4 Å². The molecule has 9 heteroatoms. The number of carbonyl (C=O) groups is 1. The number of aromatic nitrogens is 2. The molecule has 0 radical (unpaired) electrons. The largest absolute Gasteiger partial charge is 0.414 e. The van der Waals surface area contributed by atoms with Gasteiger partial charge in [0, 0.05) is 36.3 Å². The van der Waals surface area contributed by atoms with Crippen LogP contribution in [0.3, 0.4) is 0 Å². The van der Waals surface area contributed by atoms with Crippen LogP contribution in [0.15, 0.2) is 65.7 Å². The van der Waals surface area contributed by atoms with E-state index in [0.717, 1.165) is 19.5 Å². The van der Waals surface area contributed by atoms with Crippen LogP contribution in [0.5, 0.6) is 0 Å². The van der Waals surface area contributed by atoms with E-state index >= 15 is 0 Å². The molecule has 2 aromatic heterocycles. The monoisotopic (exact) mass is 470 g/mol. The lowest BCUT2D eigenvalue weighted by molar-refractivity contribution is -0.177. The Bertz CT molecular complexity index is 1250. The Morgan fingerprint density at radius 1 is 1.21 bits per heavy atom. The highest BCUT2D eigenvalue weighted by Crippen LogP contribution is 2.40. The molecule has 1 aliphatic rings. The van der Waals surface area contributed by atoms with Crippen LogP contribution in [0.1, 0.15) is 47.1 Å². The fourth-order valence-corrected chi connectivity index (χ4v) is 4.56. The Morgan fingerprint density at radius 2 is 1.94 bits per heavy atom. The standard InChI is InChI=1S/C25H25F3N4O2/c1-24(2)18-7-5-4-6-15(18)12-20(24)31-17-8-9-19(30-14-17)22(25(26,27)28)32(3)23(34)16-10-11-29-21(33)13-16/h4-11,13-14,20,22,31H,12H2,1-3H3,(H,29,33). The Hall–Kier alpha value is -3.62. The van der Waals surface area contributed by atoms with Gasteiger partial charge in [-0.2, -0.15) is 13.2 Å². The van der Waals surface area contributed by atoms with Gasteiger partial charge < -0.3 is 15.2 Å². The number of hydrogen-bond donors (Lipinski definition) is 2. The summed E-state index contributed by atoms with van der Waals surface area (Å²) in [6.45, 7) is 4.26. The highest BCUT2D eigenvalue weighted by Gasteiger charge is 2.46. The van der Waals surface area contributed by atoms with Crippen molar-refractivity contribution >= 4 is 11.6 Å². The van der Waals surface area contributed by atoms with E-state index in [4.69, 9.17) is 0 Å². The van der Waals surface area contributed by atoms with Crippen molar-refractivity contribution in [1.29, 1.82) is 0 Å². The van der Waals surface area contributed by atoms with E-state index in [-0.39, 0.29) is 22.7 Å². The maximum Gasteiger partial charge on any atom is 0.414 e. The molecule has 178 valence electrons. The molecule has 0 spiro atoms. The number of H-pyrrole nitrogens is 1. The van der Waals surface area contributed by atoms with Gasteiger partial charge in [0.15, 0.2) is 6.04 Å². The maximum atomic E-state index is 14.0. The molecule has 0 saturated heterocycles. The number of anilines is 1. The molecule has 34 heavy (non-hydrogen) atoms. The highest BCUT2D eigenvalue weighted by atomic mass is 19.4. The summed E-state index contributed by atoms with van der Waals surface area (Å²) < 4.78 is 41.9. The smallest absolute Gasteiger partial charge is 0.380 e. The summed E-state index contributed by atoms with van der Waals surface area (Å²) in [4.78, 5) is 31.1. The Morgan fingerprint density at radius 3 is 2.56 bits per heavy atom. The first-order chi connectivity index (χ1) is 16.0. The first kappa shape index (κ1) is 23.5. The number of amides is 1. The minimum absolute atomic E-state index is 0.0522. The summed E-state index contributed by atoms with van der Waals surface area (Å²) in [5.41, 5.74) is 1.90. The normalized spacial score (nSPS) is 17.6. The van der Waals surface area contributed by atoms with E-state index in [9.17, 15) is 22.8 Å². The number of halogens is 3. The van der Waals surface area contributed by atoms with E-state index in [1.54, 1.807) is 6.07 Å². The van der Waals surface area contributed by atoms with Gasteiger partial charge in [-0.25, -0.2) is 0 Å². The zero-order valence-electron chi connectivity index (χ0n) is 19.0. The van der Waals surface area contributed by atoms with Crippen molar-refractivity contribution in [2.24, 2.45) is 0 Å². The summed E-state index contributed by atoms with van der Waals surface area (Å²) in [5.74, 6) is -0.928. The molecule has 2 N–H and O–H groups in total. The molecule has 0 aliphatic heterocycles. The average Bonchev–Trinajstić information content (AvgIpc) is 3.03. The third-order valence-corrected chi connectivity index (χ3v) is 6.45. The molecule has 1 aromatic carbocycles. The van der Waals surface area contributed by atoms with Crippen molar-refractivity contribution in [3.8, 4) is 0 Å². The number of benzene rings is 1. The Kier molecular flexibility index (Phi) is 5.97. The average molecular weight is 470 g/mol. The number of pyridine rings is 2. The van der Waals surface area contributed by atoms with Crippen molar-refractivity contribution in [2.45, 2.75) is 43.9 Å². The zero-order chi connectivity index (χ0) is 24.7. The van der Waals surface area contributed by atoms with Gasteiger partial charge in [0.05, 0.1) is 17.6 Å². The van der Waals surface area contributed by atoms with Gasteiger partial charge in [0.1, 0.15) is 0 Å². The van der Waals surface area contributed by atoms with Crippen LogP contribution in [0.25, 0.3) is 0 Å². The van der Waals surface area contributed by atoms with Crippen LogP contribution in [0, 0.1) is 0 Å². The van der Waals surface area contributed by atoms with Gasteiger partial charge in [-0.3, -0.25) is 14.6 Å². The molecule has 3 aromatic rings. The van der Waals surface area contributed by atoms with Crippen LogP contribution in [0.4, 0.5) is 18.9 Å². The van der Waals surface area contributed by atoms with Gasteiger partial charge in [-0.05, 0) is 35.7 Å². The number of alkyl halides is 3. The second-order valence-electron chi connectivity index (χ2n) is 9.05. The molecule has 4 rings (SSSR count). The molecule has 0 saturated carbocycles. The minimum Gasteiger partial charge on any atom is -0.380 e. The number of nitrogens with one attached hydrogen (secondary N) is 2. The molecule has 1 aliphatic carbocycles. The molecule has 6 nitrogen and oxygen atoms in total. The Balaban J connectivity index is 1.56. The van der Waals surface area contributed by atoms with Crippen molar-refractivity contribution in [3.05, 3.63) is 93.7 Å². The highest BCUT2D eigenvalue weighted by molar-refractivity contribution is 5.94. The number of rotatable bonds is 5. The van der Waals surface area contributed by atoms with Crippen LogP contribution in [0.2, 0.25) is 0 Å². The van der Waals surface area contributed by atoms with E-state index in [1.165, 1.54) is 35.7 Å². The molecule has 0 fully saturated rings. The fourth-order valence-electron chi connectivity index (χ4n) is 4.56. The molecule has 2 unspecified atom stereocenters. The molecule has 2 heterocycles. The predicted octanol–water partition coefficient (Wildman–Crippen LogP) is 4.46. The van der Waals surface area contributed by atoms with E-state index < -0.39 is 23.7 Å². The van der Waals surface area contributed by atoms with E-state index in [0.29, 0.717) is 10.6 Å². The molecular formula is C25H25F3N4O2. The second-order valence-corrected chi connectivity index (χ2v) is 9.05. The Labute approximate surface area is 194 Å².